The number of rotatable bonds is 4. The lowest BCUT2D eigenvalue weighted by Crippen LogP contribution is -2.32. The summed E-state index contributed by atoms with van der Waals surface area (Å²) >= 11 is 0. The highest BCUT2D eigenvalue weighted by atomic mass is 16.2. The lowest BCUT2D eigenvalue weighted by Gasteiger charge is -2.21. The van der Waals surface area contributed by atoms with Crippen LogP contribution in [0.1, 0.15) is 35.8 Å². The maximum atomic E-state index is 12.6. The number of fused-ring (bicyclic) bond motifs is 1. The van der Waals surface area contributed by atoms with E-state index < -0.39 is 0 Å². The van der Waals surface area contributed by atoms with Crippen molar-refractivity contribution in [3.8, 4) is 0 Å². The Kier molecular flexibility index (Phi) is 4.00. The van der Waals surface area contributed by atoms with Gasteiger partial charge in [-0.15, -0.1) is 0 Å². The smallest absolute Gasteiger partial charge is 0.224 e. The molecule has 126 valence electrons. The van der Waals surface area contributed by atoms with Gasteiger partial charge in [-0.3, -0.25) is 4.79 Å². The summed E-state index contributed by atoms with van der Waals surface area (Å²) < 4.78 is 0. The third kappa shape index (κ3) is 2.90. The van der Waals surface area contributed by atoms with Crippen molar-refractivity contribution in [1.29, 1.82) is 0 Å². The topological polar surface area (TPSA) is 52.2 Å². The summed E-state index contributed by atoms with van der Waals surface area (Å²) in [4.78, 5) is 24.6. The van der Waals surface area contributed by atoms with Crippen LogP contribution in [0, 0.1) is 6.92 Å². The van der Waals surface area contributed by atoms with Crippen LogP contribution < -0.4 is 4.90 Å². The lowest BCUT2D eigenvalue weighted by molar-refractivity contribution is -0.129. The lowest BCUT2D eigenvalue weighted by atomic mass is 10.1. The molecule has 0 radical (unpaired) electrons. The zero-order valence-electron chi connectivity index (χ0n) is 14.2. The molecule has 3 heterocycles. The van der Waals surface area contributed by atoms with Crippen LogP contribution in [-0.4, -0.2) is 47.0 Å². The van der Waals surface area contributed by atoms with Gasteiger partial charge in [-0.2, -0.15) is 0 Å². The van der Waals surface area contributed by atoms with E-state index in [4.69, 9.17) is 0 Å². The molecule has 1 aromatic heterocycles. The highest BCUT2D eigenvalue weighted by Crippen LogP contribution is 2.28. The van der Waals surface area contributed by atoms with Gasteiger partial charge in [0, 0.05) is 56.1 Å². The molecular formula is C19H24N4O. The summed E-state index contributed by atoms with van der Waals surface area (Å²) in [5, 5.41) is 0. The Balaban J connectivity index is 1.31. The van der Waals surface area contributed by atoms with Crippen molar-refractivity contribution < 1.29 is 4.79 Å². The van der Waals surface area contributed by atoms with Gasteiger partial charge in [-0.1, -0.05) is 18.2 Å². The van der Waals surface area contributed by atoms with Crippen LogP contribution in [0.5, 0.6) is 0 Å². The minimum Gasteiger partial charge on any atom is -0.370 e. The number of H-pyrrole nitrogens is 1. The summed E-state index contributed by atoms with van der Waals surface area (Å²) in [6.45, 7) is 5.50. The van der Waals surface area contributed by atoms with E-state index in [2.05, 4.69) is 39.1 Å². The molecule has 2 aromatic rings. The van der Waals surface area contributed by atoms with Gasteiger partial charge in [0.2, 0.25) is 5.91 Å². The molecule has 24 heavy (non-hydrogen) atoms. The number of para-hydroxylation sites is 1. The Morgan fingerprint density at radius 2 is 2.21 bits per heavy atom. The summed E-state index contributed by atoms with van der Waals surface area (Å²) in [5.74, 6) is 1.65. The first-order valence-electron chi connectivity index (χ1n) is 8.83. The largest absolute Gasteiger partial charge is 0.370 e. The SMILES string of the molecule is Cc1cnc(C2CCN(C(=O)CCN3CCc4ccccc43)C2)[nH]1. The molecule has 1 amide bonds. The molecule has 0 aliphatic carbocycles. The molecule has 2 aliphatic heterocycles. The number of hydrogen-bond acceptors (Lipinski definition) is 3. The van der Waals surface area contributed by atoms with Gasteiger partial charge in [0.15, 0.2) is 0 Å². The van der Waals surface area contributed by atoms with Crippen LogP contribution in [-0.2, 0) is 11.2 Å². The van der Waals surface area contributed by atoms with Gasteiger partial charge in [-0.25, -0.2) is 4.98 Å². The summed E-state index contributed by atoms with van der Waals surface area (Å²) in [5.41, 5.74) is 3.79. The normalized spacial score (nSPS) is 19.8. The van der Waals surface area contributed by atoms with Crippen LogP contribution in [0.2, 0.25) is 0 Å². The fourth-order valence-corrected chi connectivity index (χ4v) is 3.88. The number of nitrogens with one attached hydrogen (secondary N) is 1. The van der Waals surface area contributed by atoms with Crippen molar-refractivity contribution in [2.45, 2.75) is 32.1 Å². The standard InChI is InChI=1S/C19H24N4O/c1-14-12-20-19(21-14)16-7-10-23(13-16)18(24)8-11-22-9-6-15-4-2-3-5-17(15)22/h2-5,12,16H,6-11,13H2,1H3,(H,20,21). The highest BCUT2D eigenvalue weighted by molar-refractivity contribution is 5.77. The van der Waals surface area contributed by atoms with E-state index in [1.807, 2.05) is 18.0 Å². The third-order valence-corrected chi connectivity index (χ3v) is 5.23. The predicted molar refractivity (Wildman–Crippen MR) is 94.2 cm³/mol. The van der Waals surface area contributed by atoms with Crippen LogP contribution in [0.25, 0.3) is 0 Å². The van der Waals surface area contributed by atoms with Gasteiger partial charge in [0.1, 0.15) is 5.82 Å². The maximum Gasteiger partial charge on any atom is 0.224 e. The van der Waals surface area contributed by atoms with Crippen LogP contribution in [0.3, 0.4) is 0 Å². The molecule has 0 bridgehead atoms. The molecular weight excluding hydrogens is 300 g/mol. The van der Waals surface area contributed by atoms with Crippen molar-refractivity contribution >= 4 is 11.6 Å². The average Bonchev–Trinajstić information content (AvgIpc) is 3.31. The second-order valence-corrected chi connectivity index (χ2v) is 6.89. The molecule has 0 saturated carbocycles. The maximum absolute atomic E-state index is 12.6. The molecule has 0 spiro atoms. The van der Waals surface area contributed by atoms with Crippen LogP contribution >= 0.6 is 0 Å². The summed E-state index contributed by atoms with van der Waals surface area (Å²) in [6, 6.07) is 8.52. The van der Waals surface area contributed by atoms with Gasteiger partial charge in [-0.05, 0) is 31.4 Å². The minimum absolute atomic E-state index is 0.269. The van der Waals surface area contributed by atoms with E-state index in [-0.39, 0.29) is 5.91 Å². The second-order valence-electron chi connectivity index (χ2n) is 6.89. The molecule has 4 rings (SSSR count). The number of anilines is 1. The van der Waals surface area contributed by atoms with E-state index in [1.54, 1.807) is 0 Å². The van der Waals surface area contributed by atoms with Crippen molar-refractivity contribution in [2.24, 2.45) is 0 Å². The zero-order chi connectivity index (χ0) is 16.5. The second kappa shape index (κ2) is 6.30. The first kappa shape index (κ1) is 15.2. The number of amides is 1. The van der Waals surface area contributed by atoms with E-state index in [1.165, 1.54) is 11.3 Å². The molecule has 1 aromatic carbocycles. The number of likely N-dealkylation sites (tertiary alicyclic amines) is 1. The fraction of sp³-hybridized carbons (Fsp3) is 0.474. The van der Waals surface area contributed by atoms with E-state index in [0.717, 1.165) is 50.5 Å². The monoisotopic (exact) mass is 324 g/mol. The number of nitrogens with zero attached hydrogens (tertiary/aromatic N) is 3. The predicted octanol–water partition coefficient (Wildman–Crippen LogP) is 2.49. The third-order valence-electron chi connectivity index (χ3n) is 5.23. The van der Waals surface area contributed by atoms with Gasteiger partial charge < -0.3 is 14.8 Å². The van der Waals surface area contributed by atoms with Crippen molar-refractivity contribution in [3.63, 3.8) is 0 Å². The Morgan fingerprint density at radius 1 is 1.33 bits per heavy atom. The Morgan fingerprint density at radius 3 is 3.04 bits per heavy atom. The molecule has 5 heteroatoms. The molecule has 1 unspecified atom stereocenters. The number of carbonyl (C=O) groups excluding carboxylic acids is 1. The molecule has 1 saturated heterocycles. The average molecular weight is 324 g/mol. The minimum atomic E-state index is 0.269. The molecule has 1 atom stereocenters. The molecule has 2 aliphatic rings. The number of carbonyl (C=O) groups is 1. The number of aryl methyl sites for hydroxylation is 1. The van der Waals surface area contributed by atoms with Crippen LogP contribution in [0.15, 0.2) is 30.5 Å². The highest BCUT2D eigenvalue weighted by Gasteiger charge is 2.29. The number of aromatic amines is 1. The molecule has 1 fully saturated rings. The number of imidazole rings is 1. The number of aromatic nitrogens is 2. The van der Waals surface area contributed by atoms with Crippen molar-refractivity contribution in [2.75, 3.05) is 31.1 Å². The Labute approximate surface area is 142 Å². The van der Waals surface area contributed by atoms with Crippen LogP contribution in [0.4, 0.5) is 5.69 Å². The summed E-state index contributed by atoms with van der Waals surface area (Å²) in [7, 11) is 0. The van der Waals surface area contributed by atoms with Crippen molar-refractivity contribution in [1.82, 2.24) is 14.9 Å². The van der Waals surface area contributed by atoms with Gasteiger partial charge in [0.05, 0.1) is 0 Å². The molecule has 5 nitrogen and oxygen atoms in total. The first-order valence-corrected chi connectivity index (χ1v) is 8.83. The first-order chi connectivity index (χ1) is 11.7. The van der Waals surface area contributed by atoms with Gasteiger partial charge >= 0.3 is 0 Å². The zero-order valence-corrected chi connectivity index (χ0v) is 14.2. The van der Waals surface area contributed by atoms with Crippen molar-refractivity contribution in [3.05, 3.63) is 47.5 Å². The fourth-order valence-electron chi connectivity index (χ4n) is 3.88. The van der Waals surface area contributed by atoms with E-state index >= 15 is 0 Å². The van der Waals surface area contributed by atoms with Gasteiger partial charge in [0.25, 0.3) is 0 Å². The van der Waals surface area contributed by atoms with E-state index in [9.17, 15) is 4.79 Å². The quantitative estimate of drug-likeness (QED) is 0.940. The van der Waals surface area contributed by atoms with E-state index in [0.29, 0.717) is 12.3 Å². The molecule has 1 N–H and O–H groups in total. The number of benzene rings is 1. The summed E-state index contributed by atoms with van der Waals surface area (Å²) in [6.07, 6.45) is 4.56. The Bertz CT molecular complexity index is 738. The number of hydrogen-bond donors (Lipinski definition) is 1. The Hall–Kier alpha value is -2.30.